The Hall–Kier alpha value is -1.91. The van der Waals surface area contributed by atoms with Crippen molar-refractivity contribution < 1.29 is 0 Å². The number of anilines is 1. The Morgan fingerprint density at radius 1 is 1.38 bits per heavy atom. The van der Waals surface area contributed by atoms with Gasteiger partial charge in [0.1, 0.15) is 18.5 Å². The van der Waals surface area contributed by atoms with E-state index in [2.05, 4.69) is 27.3 Å². The largest absolute Gasteiger partial charge is 0.370 e. The molecule has 0 aliphatic carbocycles. The lowest BCUT2D eigenvalue weighted by atomic mass is 10.3. The van der Waals surface area contributed by atoms with Crippen LogP contribution in [0.1, 0.15) is 19.0 Å². The summed E-state index contributed by atoms with van der Waals surface area (Å²) in [6.07, 6.45) is 4.31. The second kappa shape index (κ2) is 5.25. The Morgan fingerprint density at radius 2 is 2.31 bits per heavy atom. The van der Waals surface area contributed by atoms with Crippen LogP contribution in [-0.4, -0.2) is 26.3 Å². The zero-order valence-electron chi connectivity index (χ0n) is 9.30. The Morgan fingerprint density at radius 3 is 3.06 bits per heavy atom. The molecule has 2 rings (SSSR count). The van der Waals surface area contributed by atoms with Gasteiger partial charge in [0.05, 0.1) is 12.2 Å². The average molecular weight is 217 g/mol. The van der Waals surface area contributed by atoms with Crippen molar-refractivity contribution in [3.63, 3.8) is 0 Å². The van der Waals surface area contributed by atoms with E-state index in [1.54, 1.807) is 11.0 Å². The molecule has 0 amide bonds. The van der Waals surface area contributed by atoms with E-state index in [1.807, 2.05) is 18.2 Å². The number of nitrogens with one attached hydrogen (secondary N) is 1. The van der Waals surface area contributed by atoms with Crippen LogP contribution < -0.4 is 5.32 Å². The number of nitrogens with zero attached hydrogens (tertiary/aromatic N) is 4. The van der Waals surface area contributed by atoms with Gasteiger partial charge >= 0.3 is 0 Å². The molecular formula is C11H15N5. The molecule has 5 nitrogen and oxygen atoms in total. The maximum Gasteiger partial charge on any atom is 0.137 e. The van der Waals surface area contributed by atoms with Gasteiger partial charge < -0.3 is 5.32 Å². The van der Waals surface area contributed by atoms with Gasteiger partial charge in [0.2, 0.25) is 0 Å². The molecule has 0 saturated carbocycles. The van der Waals surface area contributed by atoms with E-state index in [4.69, 9.17) is 0 Å². The van der Waals surface area contributed by atoms with Crippen LogP contribution in [0.4, 0.5) is 5.82 Å². The van der Waals surface area contributed by atoms with Crippen LogP contribution in [0, 0.1) is 0 Å². The van der Waals surface area contributed by atoms with Crippen molar-refractivity contribution >= 4 is 5.82 Å². The van der Waals surface area contributed by atoms with Crippen LogP contribution in [0.3, 0.4) is 0 Å². The molecular weight excluding hydrogens is 202 g/mol. The van der Waals surface area contributed by atoms with Crippen molar-refractivity contribution in [3.8, 4) is 0 Å². The fourth-order valence-corrected chi connectivity index (χ4v) is 1.40. The van der Waals surface area contributed by atoms with E-state index in [-0.39, 0.29) is 0 Å². The minimum absolute atomic E-state index is 0.654. The van der Waals surface area contributed by atoms with Crippen molar-refractivity contribution in [3.05, 3.63) is 36.5 Å². The van der Waals surface area contributed by atoms with Crippen LogP contribution in [0.25, 0.3) is 0 Å². The van der Waals surface area contributed by atoms with Crippen LogP contribution >= 0.6 is 0 Å². The second-order valence-electron chi connectivity index (χ2n) is 3.53. The molecule has 84 valence electrons. The second-order valence-corrected chi connectivity index (χ2v) is 3.53. The van der Waals surface area contributed by atoms with Gasteiger partial charge in [-0.2, -0.15) is 5.10 Å². The molecule has 16 heavy (non-hydrogen) atoms. The van der Waals surface area contributed by atoms with Gasteiger partial charge in [-0.15, -0.1) is 0 Å². The van der Waals surface area contributed by atoms with Crippen LogP contribution in [-0.2, 0) is 6.54 Å². The highest BCUT2D eigenvalue weighted by Crippen LogP contribution is 2.05. The first-order valence-corrected chi connectivity index (χ1v) is 5.40. The fraction of sp³-hybridized carbons (Fsp3) is 0.364. The molecule has 2 aromatic heterocycles. The monoisotopic (exact) mass is 217 g/mol. The summed E-state index contributed by atoms with van der Waals surface area (Å²) in [5.41, 5.74) is 0.978. The van der Waals surface area contributed by atoms with Gasteiger partial charge in [-0.25, -0.2) is 14.6 Å². The third-order valence-corrected chi connectivity index (χ3v) is 2.15. The molecule has 0 bridgehead atoms. The lowest BCUT2D eigenvalue weighted by molar-refractivity contribution is 0.671. The van der Waals surface area contributed by atoms with E-state index in [0.717, 1.165) is 24.5 Å². The van der Waals surface area contributed by atoms with Crippen LogP contribution in [0.15, 0.2) is 30.9 Å². The molecule has 0 atom stereocenters. The number of pyridine rings is 1. The zero-order chi connectivity index (χ0) is 11.2. The molecule has 2 heterocycles. The number of aromatic nitrogens is 4. The summed E-state index contributed by atoms with van der Waals surface area (Å²) in [4.78, 5) is 8.38. The highest BCUT2D eigenvalue weighted by Gasteiger charge is 1.98. The normalized spacial score (nSPS) is 10.3. The molecule has 0 unspecified atom stereocenters. The summed E-state index contributed by atoms with van der Waals surface area (Å²) < 4.78 is 1.76. The summed E-state index contributed by atoms with van der Waals surface area (Å²) in [5, 5.41) is 7.31. The Balaban J connectivity index is 2.04. The van der Waals surface area contributed by atoms with Crippen LogP contribution in [0.2, 0.25) is 0 Å². The molecule has 0 radical (unpaired) electrons. The Bertz CT molecular complexity index is 424. The summed E-state index contributed by atoms with van der Waals surface area (Å²) in [5.74, 6) is 0.916. The summed E-state index contributed by atoms with van der Waals surface area (Å²) in [7, 11) is 0. The zero-order valence-corrected chi connectivity index (χ0v) is 9.30. The van der Waals surface area contributed by atoms with E-state index < -0.39 is 0 Å². The molecule has 0 aliphatic rings. The van der Waals surface area contributed by atoms with E-state index in [1.165, 1.54) is 6.33 Å². The van der Waals surface area contributed by atoms with Crippen molar-refractivity contribution in [2.24, 2.45) is 0 Å². The molecule has 0 aliphatic heterocycles. The van der Waals surface area contributed by atoms with Crippen molar-refractivity contribution in [2.45, 2.75) is 19.9 Å². The molecule has 0 saturated heterocycles. The van der Waals surface area contributed by atoms with Gasteiger partial charge in [-0.05, 0) is 18.6 Å². The first-order chi connectivity index (χ1) is 7.88. The van der Waals surface area contributed by atoms with E-state index in [0.29, 0.717) is 6.54 Å². The molecule has 0 spiro atoms. The van der Waals surface area contributed by atoms with Gasteiger partial charge in [0, 0.05) is 6.54 Å². The SMILES string of the molecule is CCCNc1cccc(Cn2cncn2)n1. The molecule has 2 aromatic rings. The summed E-state index contributed by atoms with van der Waals surface area (Å²) >= 11 is 0. The molecule has 5 heteroatoms. The van der Waals surface area contributed by atoms with Gasteiger partial charge in [0.25, 0.3) is 0 Å². The number of hydrogen-bond acceptors (Lipinski definition) is 4. The van der Waals surface area contributed by atoms with E-state index >= 15 is 0 Å². The van der Waals surface area contributed by atoms with Gasteiger partial charge in [-0.3, -0.25) is 0 Å². The minimum Gasteiger partial charge on any atom is -0.370 e. The van der Waals surface area contributed by atoms with Gasteiger partial charge in [-0.1, -0.05) is 13.0 Å². The third-order valence-electron chi connectivity index (χ3n) is 2.15. The highest BCUT2D eigenvalue weighted by molar-refractivity contribution is 5.35. The van der Waals surface area contributed by atoms with Crippen molar-refractivity contribution in [1.29, 1.82) is 0 Å². The first-order valence-electron chi connectivity index (χ1n) is 5.40. The lowest BCUT2D eigenvalue weighted by Crippen LogP contribution is -2.06. The third kappa shape index (κ3) is 2.79. The quantitative estimate of drug-likeness (QED) is 0.825. The van der Waals surface area contributed by atoms with Crippen molar-refractivity contribution in [2.75, 3.05) is 11.9 Å². The smallest absolute Gasteiger partial charge is 0.137 e. The van der Waals surface area contributed by atoms with Crippen molar-refractivity contribution in [1.82, 2.24) is 19.7 Å². The van der Waals surface area contributed by atoms with Crippen LogP contribution in [0.5, 0.6) is 0 Å². The summed E-state index contributed by atoms with van der Waals surface area (Å²) in [6, 6.07) is 5.95. The predicted octanol–water partition coefficient (Wildman–Crippen LogP) is 1.54. The predicted molar refractivity (Wildman–Crippen MR) is 62.1 cm³/mol. The fourth-order valence-electron chi connectivity index (χ4n) is 1.40. The highest BCUT2D eigenvalue weighted by atomic mass is 15.3. The Labute approximate surface area is 94.5 Å². The molecule has 0 aromatic carbocycles. The Kier molecular flexibility index (Phi) is 3.48. The van der Waals surface area contributed by atoms with Gasteiger partial charge in [0.15, 0.2) is 0 Å². The first kappa shape index (κ1) is 10.6. The molecule has 1 N–H and O–H groups in total. The minimum atomic E-state index is 0.654. The topological polar surface area (TPSA) is 55.6 Å². The average Bonchev–Trinajstić information content (AvgIpc) is 2.80. The standard InChI is InChI=1S/C11H15N5/c1-2-6-13-11-5-3-4-10(15-11)7-16-9-12-8-14-16/h3-5,8-9H,2,6-7H2,1H3,(H,13,15). The molecule has 0 fully saturated rings. The maximum atomic E-state index is 4.49. The maximum absolute atomic E-state index is 4.49. The summed E-state index contributed by atoms with van der Waals surface area (Å²) in [6.45, 7) is 3.73. The van der Waals surface area contributed by atoms with E-state index in [9.17, 15) is 0 Å². The number of rotatable bonds is 5. The number of hydrogen-bond donors (Lipinski definition) is 1. The lowest BCUT2D eigenvalue weighted by Gasteiger charge is -2.06.